The van der Waals surface area contributed by atoms with Crippen LogP contribution in [0.4, 0.5) is 0 Å². The molecule has 0 fully saturated rings. The molecule has 0 radical (unpaired) electrons. The Hall–Kier alpha value is -1.27. The van der Waals surface area contributed by atoms with Crippen LogP contribution in [0.2, 0.25) is 0 Å². The third-order valence-corrected chi connectivity index (χ3v) is 2.20. The van der Waals surface area contributed by atoms with Crippen LogP contribution in [0.25, 0.3) is 0 Å². The molecule has 0 saturated carbocycles. The zero-order valence-corrected chi connectivity index (χ0v) is 7.34. The molecule has 0 aliphatic heterocycles. The normalized spacial score (nSPS) is 8.92. The van der Waals surface area contributed by atoms with Gasteiger partial charge in [0.05, 0.1) is 0 Å². The van der Waals surface area contributed by atoms with Crippen molar-refractivity contribution in [1.29, 1.82) is 5.26 Å². The average Bonchev–Trinajstić information content (AvgIpc) is 2.15. The van der Waals surface area contributed by atoms with Gasteiger partial charge in [-0.1, -0.05) is 6.08 Å². The lowest BCUT2D eigenvalue weighted by Gasteiger charge is -1.96. The van der Waals surface area contributed by atoms with Gasteiger partial charge in [0.1, 0.15) is 11.8 Å². The summed E-state index contributed by atoms with van der Waals surface area (Å²) in [6.45, 7) is 3.62. The second-order valence-electron chi connectivity index (χ2n) is 2.09. The van der Waals surface area contributed by atoms with Crippen molar-refractivity contribution >= 4 is 11.8 Å². The van der Waals surface area contributed by atoms with Crippen molar-refractivity contribution in [3.05, 3.63) is 36.7 Å². The summed E-state index contributed by atoms with van der Waals surface area (Å²) < 4.78 is 0. The molecule has 0 aliphatic carbocycles. The maximum absolute atomic E-state index is 8.55. The molecule has 0 bridgehead atoms. The number of rotatable bonds is 3. The van der Waals surface area contributed by atoms with Gasteiger partial charge in [-0.25, -0.2) is 4.98 Å². The van der Waals surface area contributed by atoms with Crippen molar-refractivity contribution in [1.82, 2.24) is 4.98 Å². The summed E-state index contributed by atoms with van der Waals surface area (Å²) in [6.07, 6.45) is 3.47. The molecule has 0 N–H and O–H groups in total. The van der Waals surface area contributed by atoms with Crippen LogP contribution in [0.15, 0.2) is 35.9 Å². The smallest absolute Gasteiger partial charge is 0.141 e. The fourth-order valence-corrected chi connectivity index (χ4v) is 1.38. The van der Waals surface area contributed by atoms with Gasteiger partial charge >= 0.3 is 0 Å². The first kappa shape index (κ1) is 8.82. The molecule has 0 amide bonds. The molecule has 60 valence electrons. The molecule has 0 spiro atoms. The minimum absolute atomic E-state index is 0.462. The molecule has 1 heterocycles. The predicted octanol–water partition coefficient (Wildman–Crippen LogP) is 2.23. The van der Waals surface area contributed by atoms with Crippen LogP contribution in [-0.2, 0) is 0 Å². The third-order valence-electron chi connectivity index (χ3n) is 1.21. The molecule has 0 saturated heterocycles. The highest BCUT2D eigenvalue weighted by atomic mass is 32.2. The fourth-order valence-electron chi connectivity index (χ4n) is 0.717. The van der Waals surface area contributed by atoms with Crippen molar-refractivity contribution < 1.29 is 0 Å². The van der Waals surface area contributed by atoms with Gasteiger partial charge < -0.3 is 0 Å². The summed E-state index contributed by atoms with van der Waals surface area (Å²) >= 11 is 1.64. The highest BCUT2D eigenvalue weighted by molar-refractivity contribution is 7.99. The summed E-state index contributed by atoms with van der Waals surface area (Å²) in [5.74, 6) is 0.856. The van der Waals surface area contributed by atoms with Crippen LogP contribution in [-0.4, -0.2) is 10.7 Å². The Morgan fingerprint density at radius 2 is 2.58 bits per heavy atom. The minimum atomic E-state index is 0.462. The molecule has 1 aromatic rings. The van der Waals surface area contributed by atoms with Gasteiger partial charge in [-0.2, -0.15) is 5.26 Å². The van der Waals surface area contributed by atoms with Gasteiger partial charge in [0, 0.05) is 16.8 Å². The zero-order chi connectivity index (χ0) is 8.81. The topological polar surface area (TPSA) is 36.7 Å². The summed E-state index contributed by atoms with van der Waals surface area (Å²) in [5, 5.41) is 8.55. The van der Waals surface area contributed by atoms with Crippen LogP contribution in [0.1, 0.15) is 5.69 Å². The molecule has 1 aromatic heterocycles. The van der Waals surface area contributed by atoms with Gasteiger partial charge in [0.15, 0.2) is 0 Å². The van der Waals surface area contributed by atoms with Gasteiger partial charge in [0.25, 0.3) is 0 Å². The van der Waals surface area contributed by atoms with Crippen molar-refractivity contribution in [3.63, 3.8) is 0 Å². The molecule has 0 aliphatic rings. The highest BCUT2D eigenvalue weighted by Crippen LogP contribution is 2.17. The monoisotopic (exact) mass is 176 g/mol. The first-order valence-electron chi connectivity index (χ1n) is 3.46. The quantitative estimate of drug-likeness (QED) is 0.523. The van der Waals surface area contributed by atoms with Crippen LogP contribution < -0.4 is 0 Å². The molecule has 0 atom stereocenters. The van der Waals surface area contributed by atoms with Gasteiger partial charge in [-0.3, -0.25) is 0 Å². The molecule has 0 unspecified atom stereocenters. The first-order chi connectivity index (χ1) is 5.86. The second kappa shape index (κ2) is 4.58. The maximum atomic E-state index is 8.55. The zero-order valence-electron chi connectivity index (χ0n) is 6.53. The largest absolute Gasteiger partial charge is 0.245 e. The average molecular weight is 176 g/mol. The summed E-state index contributed by atoms with van der Waals surface area (Å²) in [6, 6.07) is 5.65. The predicted molar refractivity (Wildman–Crippen MR) is 49.9 cm³/mol. The molecule has 0 aromatic carbocycles. The Bertz CT molecular complexity index is 315. The molecule has 1 rings (SSSR count). The molecule has 2 nitrogen and oxygen atoms in total. The van der Waals surface area contributed by atoms with E-state index in [9.17, 15) is 0 Å². The molecule has 12 heavy (non-hydrogen) atoms. The van der Waals surface area contributed by atoms with E-state index in [1.54, 1.807) is 24.0 Å². The van der Waals surface area contributed by atoms with Gasteiger partial charge in [-0.15, -0.1) is 18.3 Å². The third kappa shape index (κ3) is 2.40. The van der Waals surface area contributed by atoms with E-state index in [-0.39, 0.29) is 0 Å². The second-order valence-corrected chi connectivity index (χ2v) is 3.18. The van der Waals surface area contributed by atoms with E-state index in [2.05, 4.69) is 11.6 Å². The fraction of sp³-hybridized carbons (Fsp3) is 0.111. The van der Waals surface area contributed by atoms with E-state index < -0.39 is 0 Å². The van der Waals surface area contributed by atoms with Crippen LogP contribution >= 0.6 is 11.8 Å². The molecule has 3 heteroatoms. The van der Waals surface area contributed by atoms with E-state index in [4.69, 9.17) is 5.26 Å². The first-order valence-corrected chi connectivity index (χ1v) is 4.45. The lowest BCUT2D eigenvalue weighted by molar-refractivity contribution is 1.21. The van der Waals surface area contributed by atoms with Gasteiger partial charge in [-0.05, 0) is 12.1 Å². The summed E-state index contributed by atoms with van der Waals surface area (Å²) in [4.78, 5) is 4.92. The number of aromatic nitrogens is 1. The number of hydrogen-bond donors (Lipinski definition) is 0. The van der Waals surface area contributed by atoms with Crippen molar-refractivity contribution in [2.75, 3.05) is 5.75 Å². The van der Waals surface area contributed by atoms with Crippen molar-refractivity contribution in [2.24, 2.45) is 0 Å². The highest BCUT2D eigenvalue weighted by Gasteiger charge is 1.94. The lowest BCUT2D eigenvalue weighted by Crippen LogP contribution is -1.81. The number of thioether (sulfide) groups is 1. The van der Waals surface area contributed by atoms with E-state index in [0.29, 0.717) is 5.69 Å². The number of pyridine rings is 1. The number of nitriles is 1. The van der Waals surface area contributed by atoms with E-state index in [0.717, 1.165) is 10.6 Å². The van der Waals surface area contributed by atoms with Crippen LogP contribution in [0.5, 0.6) is 0 Å². The Kier molecular flexibility index (Phi) is 3.36. The number of hydrogen-bond acceptors (Lipinski definition) is 3. The van der Waals surface area contributed by atoms with Crippen LogP contribution in [0.3, 0.4) is 0 Å². The van der Waals surface area contributed by atoms with Crippen molar-refractivity contribution in [2.45, 2.75) is 4.90 Å². The van der Waals surface area contributed by atoms with Gasteiger partial charge in [0.2, 0.25) is 0 Å². The SMILES string of the molecule is C=CCSc1ccnc(C#N)c1. The Labute approximate surface area is 75.9 Å². The number of nitrogens with zero attached hydrogens (tertiary/aromatic N) is 2. The minimum Gasteiger partial charge on any atom is -0.245 e. The summed E-state index contributed by atoms with van der Waals surface area (Å²) in [7, 11) is 0. The Morgan fingerprint density at radius 1 is 1.75 bits per heavy atom. The van der Waals surface area contributed by atoms with E-state index in [1.165, 1.54) is 0 Å². The van der Waals surface area contributed by atoms with Crippen molar-refractivity contribution in [3.8, 4) is 6.07 Å². The lowest BCUT2D eigenvalue weighted by atomic mass is 10.4. The standard InChI is InChI=1S/C9H8N2S/c1-2-5-12-9-3-4-11-8(6-9)7-10/h2-4,6H,1,5H2. The summed E-state index contributed by atoms with van der Waals surface area (Å²) in [5.41, 5.74) is 0.462. The molecular formula is C9H8N2S. The van der Waals surface area contributed by atoms with E-state index >= 15 is 0 Å². The van der Waals surface area contributed by atoms with E-state index in [1.807, 2.05) is 18.2 Å². The Balaban J connectivity index is 2.74. The van der Waals surface area contributed by atoms with Crippen LogP contribution in [0, 0.1) is 11.3 Å². The Morgan fingerprint density at radius 3 is 3.25 bits per heavy atom. The maximum Gasteiger partial charge on any atom is 0.141 e. The molecular weight excluding hydrogens is 168 g/mol.